The highest BCUT2D eigenvalue weighted by molar-refractivity contribution is 5.84. The third-order valence-corrected chi connectivity index (χ3v) is 5.02. The second kappa shape index (κ2) is 6.90. The van der Waals surface area contributed by atoms with Crippen LogP contribution in [0.1, 0.15) is 31.5 Å². The van der Waals surface area contributed by atoms with E-state index in [1.807, 2.05) is 35.2 Å². The second-order valence-electron chi connectivity index (χ2n) is 7.09. The summed E-state index contributed by atoms with van der Waals surface area (Å²) in [4.78, 5) is 32.7. The standard InChI is InChI=1S/C19H22N4O3/c1-22(12-16-20-18(26-21-16)13-5-3-2-4-6-13)19(25)14-7-10-17(24)23(11-14)15-8-9-15/h2-6,14-15H,7-12H2,1H3/t14-/m1/s1. The van der Waals surface area contributed by atoms with Crippen molar-refractivity contribution in [3.05, 3.63) is 36.2 Å². The Morgan fingerprint density at radius 1 is 1.27 bits per heavy atom. The predicted molar refractivity (Wildman–Crippen MR) is 93.7 cm³/mol. The molecule has 2 amide bonds. The van der Waals surface area contributed by atoms with Crippen molar-refractivity contribution in [2.75, 3.05) is 13.6 Å². The summed E-state index contributed by atoms with van der Waals surface area (Å²) < 4.78 is 5.30. The van der Waals surface area contributed by atoms with Gasteiger partial charge in [-0.2, -0.15) is 4.98 Å². The molecule has 2 heterocycles. The summed E-state index contributed by atoms with van der Waals surface area (Å²) in [6.45, 7) is 0.831. The maximum absolute atomic E-state index is 12.8. The van der Waals surface area contributed by atoms with Crippen LogP contribution in [0, 0.1) is 5.92 Å². The fraction of sp³-hybridized carbons (Fsp3) is 0.474. The Balaban J connectivity index is 1.38. The third kappa shape index (κ3) is 3.47. The van der Waals surface area contributed by atoms with Crippen LogP contribution in [-0.4, -0.2) is 51.4 Å². The van der Waals surface area contributed by atoms with E-state index in [0.29, 0.717) is 43.7 Å². The van der Waals surface area contributed by atoms with Crippen LogP contribution < -0.4 is 0 Å². The first-order valence-electron chi connectivity index (χ1n) is 9.04. The van der Waals surface area contributed by atoms with Gasteiger partial charge >= 0.3 is 0 Å². The van der Waals surface area contributed by atoms with E-state index in [4.69, 9.17) is 4.52 Å². The van der Waals surface area contributed by atoms with E-state index < -0.39 is 0 Å². The van der Waals surface area contributed by atoms with E-state index >= 15 is 0 Å². The quantitative estimate of drug-likeness (QED) is 0.821. The lowest BCUT2D eigenvalue weighted by Gasteiger charge is -2.33. The van der Waals surface area contributed by atoms with Crippen molar-refractivity contribution < 1.29 is 14.1 Å². The highest BCUT2D eigenvalue weighted by atomic mass is 16.5. The molecule has 136 valence electrons. The SMILES string of the molecule is CN(Cc1noc(-c2ccccc2)n1)C(=O)[C@@H]1CCC(=O)N(C2CC2)C1. The van der Waals surface area contributed by atoms with Crippen LogP contribution in [0.4, 0.5) is 0 Å². The lowest BCUT2D eigenvalue weighted by atomic mass is 9.96. The fourth-order valence-electron chi connectivity index (χ4n) is 3.43. The average molecular weight is 354 g/mol. The van der Waals surface area contributed by atoms with Gasteiger partial charge in [-0.05, 0) is 31.4 Å². The van der Waals surface area contributed by atoms with Crippen LogP contribution in [0.2, 0.25) is 0 Å². The van der Waals surface area contributed by atoms with Crippen molar-refractivity contribution >= 4 is 11.8 Å². The first kappa shape index (κ1) is 16.8. The Kier molecular flexibility index (Phi) is 4.44. The lowest BCUT2D eigenvalue weighted by Crippen LogP contribution is -2.46. The molecule has 7 nitrogen and oxygen atoms in total. The molecule has 1 saturated heterocycles. The Labute approximate surface area is 152 Å². The molecule has 0 unspecified atom stereocenters. The molecule has 0 radical (unpaired) electrons. The minimum atomic E-state index is -0.140. The summed E-state index contributed by atoms with van der Waals surface area (Å²) in [5, 5.41) is 3.98. The number of piperidine rings is 1. The van der Waals surface area contributed by atoms with Crippen LogP contribution in [0.5, 0.6) is 0 Å². The van der Waals surface area contributed by atoms with E-state index in [9.17, 15) is 9.59 Å². The highest BCUT2D eigenvalue weighted by Gasteiger charge is 2.39. The predicted octanol–water partition coefficient (Wildman–Crippen LogP) is 2.10. The Hall–Kier alpha value is -2.70. The first-order chi connectivity index (χ1) is 12.6. The monoisotopic (exact) mass is 354 g/mol. The molecule has 1 saturated carbocycles. The molecule has 0 spiro atoms. The Morgan fingerprint density at radius 3 is 2.77 bits per heavy atom. The third-order valence-electron chi connectivity index (χ3n) is 5.02. The number of amides is 2. The van der Waals surface area contributed by atoms with E-state index in [0.717, 1.165) is 18.4 Å². The molecule has 26 heavy (non-hydrogen) atoms. The molecule has 2 fully saturated rings. The average Bonchev–Trinajstić information content (AvgIpc) is 3.41. The molecule has 7 heteroatoms. The molecule has 1 aromatic heterocycles. The minimum Gasteiger partial charge on any atom is -0.339 e. The topological polar surface area (TPSA) is 79.5 Å². The lowest BCUT2D eigenvalue weighted by molar-refractivity contribution is -0.143. The number of rotatable bonds is 5. The maximum Gasteiger partial charge on any atom is 0.257 e. The molecule has 1 aromatic carbocycles. The number of nitrogens with zero attached hydrogens (tertiary/aromatic N) is 4. The molecular formula is C19H22N4O3. The number of aromatic nitrogens is 2. The number of benzene rings is 1. The van der Waals surface area contributed by atoms with Gasteiger partial charge in [-0.1, -0.05) is 23.4 Å². The number of carbonyl (C=O) groups is 2. The minimum absolute atomic E-state index is 0.0363. The van der Waals surface area contributed by atoms with Crippen LogP contribution in [0.15, 0.2) is 34.9 Å². The molecule has 1 aliphatic carbocycles. The van der Waals surface area contributed by atoms with Gasteiger partial charge in [-0.25, -0.2) is 0 Å². The number of hydrogen-bond donors (Lipinski definition) is 0. The van der Waals surface area contributed by atoms with Crippen LogP contribution in [0.25, 0.3) is 11.5 Å². The highest BCUT2D eigenvalue weighted by Crippen LogP contribution is 2.32. The Morgan fingerprint density at radius 2 is 2.04 bits per heavy atom. The zero-order valence-electron chi connectivity index (χ0n) is 14.8. The van der Waals surface area contributed by atoms with Gasteiger partial charge in [0, 0.05) is 31.6 Å². The number of likely N-dealkylation sites (tertiary alicyclic amines) is 1. The van der Waals surface area contributed by atoms with Gasteiger partial charge in [0.2, 0.25) is 11.8 Å². The summed E-state index contributed by atoms with van der Waals surface area (Å²) >= 11 is 0. The van der Waals surface area contributed by atoms with Crippen molar-refractivity contribution in [2.45, 2.75) is 38.3 Å². The van der Waals surface area contributed by atoms with Gasteiger partial charge < -0.3 is 14.3 Å². The van der Waals surface area contributed by atoms with Crippen molar-refractivity contribution in [1.82, 2.24) is 19.9 Å². The van der Waals surface area contributed by atoms with Crippen LogP contribution >= 0.6 is 0 Å². The van der Waals surface area contributed by atoms with Crippen LogP contribution in [-0.2, 0) is 16.1 Å². The summed E-state index contributed by atoms with van der Waals surface area (Å²) in [6, 6.07) is 9.90. The maximum atomic E-state index is 12.8. The van der Waals surface area contributed by atoms with E-state index in [-0.39, 0.29) is 17.7 Å². The molecule has 1 aliphatic heterocycles. The van der Waals surface area contributed by atoms with Crippen molar-refractivity contribution in [3.63, 3.8) is 0 Å². The van der Waals surface area contributed by atoms with Gasteiger partial charge in [-0.3, -0.25) is 9.59 Å². The molecule has 0 N–H and O–H groups in total. The van der Waals surface area contributed by atoms with Gasteiger partial charge in [-0.15, -0.1) is 0 Å². The summed E-state index contributed by atoms with van der Waals surface area (Å²) in [5.41, 5.74) is 0.853. The molecule has 1 atom stereocenters. The summed E-state index contributed by atoms with van der Waals surface area (Å²) in [5.74, 6) is 1.01. The summed E-state index contributed by atoms with van der Waals surface area (Å²) in [6.07, 6.45) is 3.20. The van der Waals surface area contributed by atoms with Crippen molar-refractivity contribution in [1.29, 1.82) is 0 Å². The van der Waals surface area contributed by atoms with Gasteiger partial charge in [0.05, 0.1) is 12.5 Å². The largest absolute Gasteiger partial charge is 0.339 e. The van der Waals surface area contributed by atoms with Crippen LogP contribution in [0.3, 0.4) is 0 Å². The molecular weight excluding hydrogens is 332 g/mol. The zero-order chi connectivity index (χ0) is 18.1. The van der Waals surface area contributed by atoms with Gasteiger partial charge in [0.15, 0.2) is 5.82 Å². The molecule has 2 aliphatic rings. The van der Waals surface area contributed by atoms with Gasteiger partial charge in [0.25, 0.3) is 5.89 Å². The van der Waals surface area contributed by atoms with Crippen molar-refractivity contribution in [3.8, 4) is 11.5 Å². The molecule has 2 aromatic rings. The molecule has 0 bridgehead atoms. The number of carbonyl (C=O) groups excluding carboxylic acids is 2. The van der Waals surface area contributed by atoms with E-state index in [2.05, 4.69) is 10.1 Å². The first-order valence-corrected chi connectivity index (χ1v) is 9.04. The van der Waals surface area contributed by atoms with E-state index in [1.54, 1.807) is 11.9 Å². The van der Waals surface area contributed by atoms with E-state index in [1.165, 1.54) is 0 Å². The van der Waals surface area contributed by atoms with Crippen molar-refractivity contribution in [2.24, 2.45) is 5.92 Å². The second-order valence-corrected chi connectivity index (χ2v) is 7.09. The smallest absolute Gasteiger partial charge is 0.257 e. The Bertz CT molecular complexity index is 800. The summed E-state index contributed by atoms with van der Waals surface area (Å²) in [7, 11) is 1.75. The molecule has 4 rings (SSSR count). The van der Waals surface area contributed by atoms with Gasteiger partial charge in [0.1, 0.15) is 0 Å². The normalized spacial score (nSPS) is 20.3. The zero-order valence-corrected chi connectivity index (χ0v) is 14.8. The fourth-order valence-corrected chi connectivity index (χ4v) is 3.43. The number of hydrogen-bond acceptors (Lipinski definition) is 5.